The highest BCUT2D eigenvalue weighted by molar-refractivity contribution is 5.74. The van der Waals surface area contributed by atoms with Crippen LogP contribution in [0.15, 0.2) is 49.1 Å². The zero-order chi connectivity index (χ0) is 15.8. The smallest absolute Gasteiger partial charge is 0.315 e. The molecule has 0 aliphatic rings. The van der Waals surface area contributed by atoms with Gasteiger partial charge in [-0.3, -0.25) is 0 Å². The second kappa shape index (κ2) is 8.22. The Bertz CT molecular complexity index is 553. The van der Waals surface area contributed by atoms with Crippen LogP contribution in [0.1, 0.15) is 31.7 Å². The molecule has 0 aliphatic carbocycles. The first-order chi connectivity index (χ1) is 10.6. The molecule has 0 fully saturated rings. The van der Waals surface area contributed by atoms with Gasteiger partial charge in [-0.15, -0.1) is 0 Å². The zero-order valence-corrected chi connectivity index (χ0v) is 13.2. The Hall–Kier alpha value is -2.30. The molecule has 2 rings (SSSR count). The van der Waals surface area contributed by atoms with Gasteiger partial charge in [-0.1, -0.05) is 37.3 Å². The normalized spacial score (nSPS) is 13.4. The second-order valence-electron chi connectivity index (χ2n) is 5.66. The van der Waals surface area contributed by atoms with E-state index >= 15 is 0 Å². The molecule has 0 bridgehead atoms. The van der Waals surface area contributed by atoms with E-state index in [1.165, 1.54) is 5.56 Å². The maximum atomic E-state index is 11.9. The van der Waals surface area contributed by atoms with Crippen LogP contribution in [0.2, 0.25) is 0 Å². The van der Waals surface area contributed by atoms with Crippen molar-refractivity contribution in [3.63, 3.8) is 0 Å². The van der Waals surface area contributed by atoms with Crippen LogP contribution < -0.4 is 10.6 Å². The summed E-state index contributed by atoms with van der Waals surface area (Å²) in [6.45, 7) is 5.54. The molecule has 0 unspecified atom stereocenters. The monoisotopic (exact) mass is 300 g/mol. The van der Waals surface area contributed by atoms with E-state index in [9.17, 15) is 4.79 Å². The van der Waals surface area contributed by atoms with Gasteiger partial charge in [-0.05, 0) is 24.8 Å². The van der Waals surface area contributed by atoms with E-state index < -0.39 is 0 Å². The number of hydrogen-bond acceptors (Lipinski definition) is 2. The van der Waals surface area contributed by atoms with Crippen LogP contribution in [0, 0.1) is 0 Å². The molecule has 2 aromatic rings. The third-order valence-electron chi connectivity index (χ3n) is 3.65. The van der Waals surface area contributed by atoms with E-state index in [1.54, 1.807) is 12.5 Å². The van der Waals surface area contributed by atoms with Crippen LogP contribution in [0.25, 0.3) is 0 Å². The van der Waals surface area contributed by atoms with Gasteiger partial charge in [-0.2, -0.15) is 0 Å². The molecule has 1 heterocycles. The lowest BCUT2D eigenvalue weighted by atomic mass is 9.98. The van der Waals surface area contributed by atoms with Crippen LogP contribution in [-0.4, -0.2) is 28.2 Å². The summed E-state index contributed by atoms with van der Waals surface area (Å²) < 4.78 is 1.95. The predicted octanol–water partition coefficient (Wildman–Crippen LogP) is 2.76. The molecule has 0 aliphatic heterocycles. The zero-order valence-electron chi connectivity index (χ0n) is 13.2. The largest absolute Gasteiger partial charge is 0.338 e. The Labute approximate surface area is 131 Å². The molecule has 0 radical (unpaired) electrons. The van der Waals surface area contributed by atoms with Gasteiger partial charge in [0, 0.05) is 31.5 Å². The Morgan fingerprint density at radius 1 is 1.27 bits per heavy atom. The molecule has 2 amide bonds. The number of aromatic nitrogens is 2. The van der Waals surface area contributed by atoms with E-state index in [4.69, 9.17) is 0 Å². The molecule has 0 saturated heterocycles. The summed E-state index contributed by atoms with van der Waals surface area (Å²) in [5, 5.41) is 5.85. The summed E-state index contributed by atoms with van der Waals surface area (Å²) in [6.07, 6.45) is 6.29. The average molecular weight is 300 g/mol. The molecule has 22 heavy (non-hydrogen) atoms. The highest BCUT2D eigenvalue weighted by atomic mass is 16.2. The quantitative estimate of drug-likeness (QED) is 0.826. The van der Waals surface area contributed by atoms with Crippen LogP contribution >= 0.6 is 0 Å². The molecule has 0 spiro atoms. The van der Waals surface area contributed by atoms with Crippen LogP contribution in [0.5, 0.6) is 0 Å². The summed E-state index contributed by atoms with van der Waals surface area (Å²) in [5.41, 5.74) is 1.30. The van der Waals surface area contributed by atoms with Gasteiger partial charge < -0.3 is 15.2 Å². The van der Waals surface area contributed by atoms with Crippen LogP contribution in [0.3, 0.4) is 0 Å². The Balaban J connectivity index is 1.65. The van der Waals surface area contributed by atoms with Crippen molar-refractivity contribution in [1.82, 2.24) is 20.2 Å². The van der Waals surface area contributed by atoms with Gasteiger partial charge in [0.15, 0.2) is 0 Å². The molecular formula is C17H24N4O. The van der Waals surface area contributed by atoms with E-state index in [0.29, 0.717) is 19.0 Å². The van der Waals surface area contributed by atoms with E-state index in [0.717, 1.165) is 6.42 Å². The van der Waals surface area contributed by atoms with E-state index in [-0.39, 0.29) is 12.1 Å². The van der Waals surface area contributed by atoms with Crippen molar-refractivity contribution in [2.45, 2.75) is 38.8 Å². The van der Waals surface area contributed by atoms with E-state index in [1.807, 2.05) is 35.9 Å². The average Bonchev–Trinajstić information content (AvgIpc) is 3.00. The summed E-state index contributed by atoms with van der Waals surface area (Å²) >= 11 is 0. The SMILES string of the molecule is C[C@H](Cn1ccnc1)NC(=O)NCC[C@@H](C)c1ccccc1. The highest BCUT2D eigenvalue weighted by Gasteiger charge is 2.09. The number of urea groups is 1. The van der Waals surface area contributed by atoms with Crippen LogP contribution in [-0.2, 0) is 6.54 Å². The minimum absolute atomic E-state index is 0.0562. The standard InChI is InChI=1S/C17H24N4O/c1-14(16-6-4-3-5-7-16)8-9-19-17(22)20-15(2)12-21-11-10-18-13-21/h3-7,10-11,13-15H,8-9,12H2,1-2H3,(H2,19,20,22)/t14-,15-/m1/s1. The molecule has 5 heteroatoms. The first kappa shape index (κ1) is 16.1. The number of amides is 2. The van der Waals surface area contributed by atoms with Crippen molar-refractivity contribution in [2.75, 3.05) is 6.54 Å². The number of nitrogens with one attached hydrogen (secondary N) is 2. The van der Waals surface area contributed by atoms with Crippen molar-refractivity contribution in [3.05, 3.63) is 54.6 Å². The van der Waals surface area contributed by atoms with Crippen molar-refractivity contribution in [1.29, 1.82) is 0 Å². The van der Waals surface area contributed by atoms with Gasteiger partial charge in [-0.25, -0.2) is 9.78 Å². The minimum Gasteiger partial charge on any atom is -0.338 e. The molecular weight excluding hydrogens is 276 g/mol. The van der Waals surface area contributed by atoms with Crippen molar-refractivity contribution >= 4 is 6.03 Å². The number of rotatable bonds is 7. The third-order valence-corrected chi connectivity index (χ3v) is 3.65. The summed E-state index contributed by atoms with van der Waals surface area (Å²) in [7, 11) is 0. The molecule has 118 valence electrons. The lowest BCUT2D eigenvalue weighted by molar-refractivity contribution is 0.236. The molecule has 0 saturated carbocycles. The Kier molecular flexibility index (Phi) is 6.01. The van der Waals surface area contributed by atoms with Crippen molar-refractivity contribution in [2.24, 2.45) is 0 Å². The number of benzene rings is 1. The summed E-state index contributed by atoms with van der Waals surface area (Å²) in [4.78, 5) is 15.8. The third kappa shape index (κ3) is 5.24. The maximum absolute atomic E-state index is 11.9. The molecule has 5 nitrogen and oxygen atoms in total. The van der Waals surface area contributed by atoms with Gasteiger partial charge in [0.25, 0.3) is 0 Å². The summed E-state index contributed by atoms with van der Waals surface area (Å²) in [5.74, 6) is 0.435. The van der Waals surface area contributed by atoms with Gasteiger partial charge in [0.1, 0.15) is 0 Å². The van der Waals surface area contributed by atoms with Gasteiger partial charge in [0.05, 0.1) is 6.33 Å². The topological polar surface area (TPSA) is 59.0 Å². The fraction of sp³-hybridized carbons (Fsp3) is 0.412. The number of hydrogen-bond donors (Lipinski definition) is 2. The number of imidazole rings is 1. The molecule has 2 N–H and O–H groups in total. The lowest BCUT2D eigenvalue weighted by Gasteiger charge is -2.16. The maximum Gasteiger partial charge on any atom is 0.315 e. The Morgan fingerprint density at radius 3 is 2.73 bits per heavy atom. The molecule has 2 atom stereocenters. The second-order valence-corrected chi connectivity index (χ2v) is 5.66. The first-order valence-corrected chi connectivity index (χ1v) is 7.70. The number of carbonyl (C=O) groups excluding carboxylic acids is 1. The Morgan fingerprint density at radius 2 is 2.05 bits per heavy atom. The van der Waals surface area contributed by atoms with Gasteiger partial charge in [0.2, 0.25) is 0 Å². The minimum atomic E-state index is -0.118. The van der Waals surface area contributed by atoms with Gasteiger partial charge >= 0.3 is 6.03 Å². The van der Waals surface area contributed by atoms with E-state index in [2.05, 4.69) is 34.7 Å². The first-order valence-electron chi connectivity index (χ1n) is 7.70. The number of carbonyl (C=O) groups is 1. The van der Waals surface area contributed by atoms with Crippen molar-refractivity contribution in [3.8, 4) is 0 Å². The van der Waals surface area contributed by atoms with Crippen molar-refractivity contribution < 1.29 is 4.79 Å². The molecule has 1 aromatic heterocycles. The molecule has 1 aromatic carbocycles. The predicted molar refractivity (Wildman–Crippen MR) is 87.7 cm³/mol. The highest BCUT2D eigenvalue weighted by Crippen LogP contribution is 2.17. The summed E-state index contributed by atoms with van der Waals surface area (Å²) in [6, 6.07) is 10.3. The fourth-order valence-corrected chi connectivity index (χ4v) is 2.38. The fourth-order valence-electron chi connectivity index (χ4n) is 2.38. The number of nitrogens with zero attached hydrogens (tertiary/aromatic N) is 2. The van der Waals surface area contributed by atoms with Crippen LogP contribution in [0.4, 0.5) is 4.79 Å². The lowest BCUT2D eigenvalue weighted by Crippen LogP contribution is -2.42.